The summed E-state index contributed by atoms with van der Waals surface area (Å²) < 4.78 is 5.97. The van der Waals surface area contributed by atoms with Crippen LogP contribution in [0.4, 0.5) is 17.8 Å². The molecule has 1 aromatic heterocycles. The van der Waals surface area contributed by atoms with Crippen molar-refractivity contribution in [3.8, 4) is 11.5 Å². The number of piperidine rings is 2. The zero-order valence-electron chi connectivity index (χ0n) is 17.7. The lowest BCUT2D eigenvalue weighted by molar-refractivity contribution is 0.373. The number of benzene rings is 1. The van der Waals surface area contributed by atoms with Crippen LogP contribution in [0.5, 0.6) is 11.5 Å². The van der Waals surface area contributed by atoms with E-state index >= 15 is 0 Å². The van der Waals surface area contributed by atoms with Crippen LogP contribution in [0, 0.1) is 0 Å². The van der Waals surface area contributed by atoms with Crippen molar-refractivity contribution < 1.29 is 9.84 Å². The van der Waals surface area contributed by atoms with Crippen molar-refractivity contribution in [3.05, 3.63) is 22.2 Å². The Kier molecular flexibility index (Phi) is 7.06. The maximum absolute atomic E-state index is 10.3. The van der Waals surface area contributed by atoms with Gasteiger partial charge in [-0.15, -0.1) is 0 Å². The van der Waals surface area contributed by atoms with Crippen LogP contribution in [-0.4, -0.2) is 59.6 Å². The average molecular weight is 490 g/mol. The normalized spacial score (nSPS) is 17.2. The minimum Gasteiger partial charge on any atom is -0.504 e. The first kappa shape index (κ1) is 21.6. The van der Waals surface area contributed by atoms with Crippen LogP contribution in [0.1, 0.15) is 44.1 Å². The molecule has 0 aliphatic carbocycles. The third-order valence-corrected chi connectivity index (χ3v) is 6.00. The lowest BCUT2D eigenvalue weighted by Gasteiger charge is -2.30. The zero-order valence-corrected chi connectivity index (χ0v) is 19.3. The van der Waals surface area contributed by atoms with E-state index in [0.717, 1.165) is 56.3 Å². The van der Waals surface area contributed by atoms with E-state index in [1.807, 2.05) is 0 Å². The average Bonchev–Trinajstić information content (AvgIpc) is 2.82. The number of aromatic nitrogens is 3. The van der Waals surface area contributed by atoms with Crippen LogP contribution in [-0.2, 0) is 0 Å². The first-order valence-corrected chi connectivity index (χ1v) is 11.5. The van der Waals surface area contributed by atoms with Gasteiger partial charge in [0.15, 0.2) is 11.5 Å². The van der Waals surface area contributed by atoms with Gasteiger partial charge in [-0.05, 0) is 50.7 Å². The minimum absolute atomic E-state index is 0.0231. The van der Waals surface area contributed by atoms with Crippen molar-refractivity contribution in [2.24, 2.45) is 5.10 Å². The Balaban J connectivity index is 1.58. The molecule has 0 spiro atoms. The Morgan fingerprint density at radius 2 is 1.55 bits per heavy atom. The van der Waals surface area contributed by atoms with E-state index in [-0.39, 0.29) is 5.75 Å². The van der Waals surface area contributed by atoms with Gasteiger partial charge in [-0.2, -0.15) is 20.1 Å². The van der Waals surface area contributed by atoms with Crippen molar-refractivity contribution >= 4 is 40.0 Å². The Morgan fingerprint density at radius 1 is 0.968 bits per heavy atom. The molecule has 31 heavy (non-hydrogen) atoms. The molecule has 166 valence electrons. The van der Waals surface area contributed by atoms with Gasteiger partial charge in [-0.3, -0.25) is 0 Å². The van der Waals surface area contributed by atoms with Crippen LogP contribution in [0.2, 0.25) is 0 Å². The van der Waals surface area contributed by atoms with Crippen molar-refractivity contribution in [3.63, 3.8) is 0 Å². The van der Waals surface area contributed by atoms with Gasteiger partial charge in [0.05, 0.1) is 13.3 Å². The molecule has 0 bridgehead atoms. The first-order valence-electron chi connectivity index (χ1n) is 10.8. The Bertz CT molecular complexity index is 892. The molecule has 2 aliphatic heterocycles. The highest BCUT2D eigenvalue weighted by molar-refractivity contribution is 9.10. The highest BCUT2D eigenvalue weighted by Gasteiger charge is 2.20. The number of aromatic hydroxyl groups is 1. The number of ether oxygens (including phenoxy) is 1. The van der Waals surface area contributed by atoms with E-state index in [0.29, 0.717) is 29.2 Å². The van der Waals surface area contributed by atoms with Gasteiger partial charge in [0, 0.05) is 36.2 Å². The summed E-state index contributed by atoms with van der Waals surface area (Å²) in [4.78, 5) is 18.4. The van der Waals surface area contributed by atoms with Crippen LogP contribution >= 0.6 is 15.9 Å². The molecule has 0 amide bonds. The molecule has 0 unspecified atom stereocenters. The van der Waals surface area contributed by atoms with Crippen LogP contribution in [0.15, 0.2) is 21.7 Å². The summed E-state index contributed by atoms with van der Waals surface area (Å²) >= 11 is 3.41. The second-order valence-corrected chi connectivity index (χ2v) is 8.69. The summed E-state index contributed by atoms with van der Waals surface area (Å²) in [6.45, 7) is 3.82. The molecular weight excluding hydrogens is 462 g/mol. The predicted molar refractivity (Wildman–Crippen MR) is 126 cm³/mol. The lowest BCUT2D eigenvalue weighted by Crippen LogP contribution is -2.34. The number of rotatable bonds is 6. The SMILES string of the molecule is COc1cc(Br)cc(/C=N\Nc2nc(N3CCCCC3)nc(N3CCCCC3)n2)c1O. The highest BCUT2D eigenvalue weighted by Crippen LogP contribution is 2.32. The number of anilines is 3. The Morgan fingerprint density at radius 3 is 2.10 bits per heavy atom. The summed E-state index contributed by atoms with van der Waals surface area (Å²) in [5.41, 5.74) is 3.44. The lowest BCUT2D eigenvalue weighted by atomic mass is 10.1. The van der Waals surface area contributed by atoms with Crippen molar-refractivity contribution in [1.82, 2.24) is 15.0 Å². The van der Waals surface area contributed by atoms with Gasteiger partial charge in [0.1, 0.15) is 0 Å². The second kappa shape index (κ2) is 10.1. The topological polar surface area (TPSA) is 99.0 Å². The summed E-state index contributed by atoms with van der Waals surface area (Å²) in [6, 6.07) is 3.45. The quantitative estimate of drug-likeness (QED) is 0.467. The highest BCUT2D eigenvalue weighted by atomic mass is 79.9. The number of nitrogens with zero attached hydrogens (tertiary/aromatic N) is 6. The number of hydrogen-bond donors (Lipinski definition) is 2. The van der Waals surface area contributed by atoms with Gasteiger partial charge in [0.25, 0.3) is 0 Å². The smallest absolute Gasteiger partial charge is 0.250 e. The minimum atomic E-state index is 0.0231. The Labute approximate surface area is 190 Å². The molecule has 2 N–H and O–H groups in total. The molecule has 2 saturated heterocycles. The summed E-state index contributed by atoms with van der Waals surface area (Å²) in [7, 11) is 1.51. The van der Waals surface area contributed by atoms with Gasteiger partial charge in [-0.25, -0.2) is 5.43 Å². The molecule has 0 atom stereocenters. The molecule has 0 saturated carbocycles. The van der Waals surface area contributed by atoms with Crippen LogP contribution in [0.25, 0.3) is 0 Å². The number of phenols is 1. The number of methoxy groups -OCH3 is 1. The van der Waals surface area contributed by atoms with E-state index in [2.05, 4.69) is 46.2 Å². The number of hydrogen-bond acceptors (Lipinski definition) is 9. The van der Waals surface area contributed by atoms with Crippen LogP contribution in [0.3, 0.4) is 0 Å². The standard InChI is InChI=1S/C21H28BrN7O2/c1-31-17-13-16(22)12-15(18(17)30)14-23-27-19-24-20(28-8-4-2-5-9-28)26-21(25-19)29-10-6-3-7-11-29/h12-14,30H,2-11H2,1H3,(H,24,25,26,27)/b23-14-. The Hall–Kier alpha value is -2.62. The monoisotopic (exact) mass is 489 g/mol. The number of hydrazone groups is 1. The van der Waals surface area contributed by atoms with Crippen molar-refractivity contribution in [2.45, 2.75) is 38.5 Å². The molecule has 10 heteroatoms. The predicted octanol–water partition coefficient (Wildman–Crippen LogP) is 3.77. The number of phenolic OH excluding ortho intramolecular Hbond substituents is 1. The molecule has 2 fully saturated rings. The fourth-order valence-corrected chi connectivity index (χ4v) is 4.34. The van der Waals surface area contributed by atoms with Gasteiger partial charge >= 0.3 is 0 Å². The molecule has 0 radical (unpaired) electrons. The van der Waals surface area contributed by atoms with E-state index in [9.17, 15) is 5.11 Å². The zero-order chi connectivity index (χ0) is 21.6. The fraction of sp³-hybridized carbons (Fsp3) is 0.524. The molecule has 4 rings (SSSR count). The summed E-state index contributed by atoms with van der Waals surface area (Å²) in [5, 5.41) is 14.6. The maximum Gasteiger partial charge on any atom is 0.250 e. The van der Waals surface area contributed by atoms with E-state index in [1.54, 1.807) is 12.1 Å². The summed E-state index contributed by atoms with van der Waals surface area (Å²) in [5.74, 6) is 2.18. The molecule has 2 aliphatic rings. The molecule has 3 heterocycles. The van der Waals surface area contributed by atoms with E-state index < -0.39 is 0 Å². The number of nitrogens with one attached hydrogen (secondary N) is 1. The molecule has 1 aromatic carbocycles. The van der Waals surface area contributed by atoms with Gasteiger partial charge < -0.3 is 19.6 Å². The van der Waals surface area contributed by atoms with E-state index in [1.165, 1.54) is 26.2 Å². The molecular formula is C21H28BrN7O2. The molecule has 2 aromatic rings. The maximum atomic E-state index is 10.3. The van der Waals surface area contributed by atoms with Crippen molar-refractivity contribution in [2.75, 3.05) is 48.5 Å². The second-order valence-electron chi connectivity index (χ2n) is 7.77. The fourth-order valence-electron chi connectivity index (χ4n) is 3.88. The summed E-state index contributed by atoms with van der Waals surface area (Å²) in [6.07, 6.45) is 8.61. The van der Waals surface area contributed by atoms with Gasteiger partial charge in [-0.1, -0.05) is 15.9 Å². The van der Waals surface area contributed by atoms with E-state index in [4.69, 9.17) is 9.72 Å². The largest absolute Gasteiger partial charge is 0.504 e. The van der Waals surface area contributed by atoms with Crippen LogP contribution < -0.4 is 20.0 Å². The first-order chi connectivity index (χ1) is 15.1. The molecule has 9 nitrogen and oxygen atoms in total. The third-order valence-electron chi connectivity index (χ3n) is 5.55. The third kappa shape index (κ3) is 5.36. The number of halogens is 1. The van der Waals surface area contributed by atoms with Gasteiger partial charge in [0.2, 0.25) is 17.8 Å². The van der Waals surface area contributed by atoms with Crippen molar-refractivity contribution in [1.29, 1.82) is 0 Å².